The average Bonchev–Trinajstić information content (AvgIpc) is 3.18. The van der Waals surface area contributed by atoms with E-state index < -0.39 is 0 Å². The molecule has 7 heteroatoms. The van der Waals surface area contributed by atoms with E-state index in [0.29, 0.717) is 12.0 Å². The molecule has 2 fully saturated rings. The molecule has 1 aromatic rings. The Morgan fingerprint density at radius 2 is 2.16 bits per heavy atom. The second kappa shape index (κ2) is 7.99. The Morgan fingerprint density at radius 3 is 2.88 bits per heavy atom. The van der Waals surface area contributed by atoms with E-state index in [0.717, 1.165) is 32.7 Å². The number of likely N-dealkylation sites (tertiary alicyclic amines) is 2. The summed E-state index contributed by atoms with van der Waals surface area (Å²) in [5.74, 6) is 0.406. The zero-order valence-electron chi connectivity index (χ0n) is 15.3. The summed E-state index contributed by atoms with van der Waals surface area (Å²) in [5, 5.41) is 7.00. The summed E-state index contributed by atoms with van der Waals surface area (Å²) in [6.45, 7) is 8.09. The standard InChI is InChI=1S/C18H29N5O2/c1-3-23-11-15(8-20-23)10-21-7-5-4-6-16-12-22(13-17(16)21)18(25)9-19-14(2)24/h8,11,16-17H,3-7,9-10,12-13H2,1-2H3,(H,19,24)/t16-,17+/m0/s1. The van der Waals surface area contributed by atoms with E-state index in [1.807, 2.05) is 15.8 Å². The van der Waals surface area contributed by atoms with E-state index in [-0.39, 0.29) is 18.4 Å². The fourth-order valence-electron chi connectivity index (χ4n) is 4.05. The van der Waals surface area contributed by atoms with Gasteiger partial charge in [0.2, 0.25) is 11.8 Å². The summed E-state index contributed by atoms with van der Waals surface area (Å²) in [4.78, 5) is 27.9. The van der Waals surface area contributed by atoms with Gasteiger partial charge in [-0.3, -0.25) is 19.2 Å². The number of carbonyl (C=O) groups excluding carboxylic acids is 2. The number of amides is 2. The monoisotopic (exact) mass is 347 g/mol. The lowest BCUT2D eigenvalue weighted by Gasteiger charge is -2.29. The molecule has 0 unspecified atom stereocenters. The Balaban J connectivity index is 1.64. The number of rotatable bonds is 5. The van der Waals surface area contributed by atoms with Crippen LogP contribution in [-0.2, 0) is 22.7 Å². The minimum absolute atomic E-state index is 0.0297. The van der Waals surface area contributed by atoms with Gasteiger partial charge in [0.15, 0.2) is 0 Å². The molecule has 138 valence electrons. The Bertz CT molecular complexity index is 614. The summed E-state index contributed by atoms with van der Waals surface area (Å²) in [7, 11) is 0. The van der Waals surface area contributed by atoms with Crippen LogP contribution in [0.15, 0.2) is 12.4 Å². The highest BCUT2D eigenvalue weighted by molar-refractivity contribution is 5.83. The first-order valence-electron chi connectivity index (χ1n) is 9.34. The van der Waals surface area contributed by atoms with Gasteiger partial charge >= 0.3 is 0 Å². The van der Waals surface area contributed by atoms with Crippen molar-refractivity contribution in [3.8, 4) is 0 Å². The number of aryl methyl sites for hydroxylation is 1. The van der Waals surface area contributed by atoms with Crippen molar-refractivity contribution in [3.63, 3.8) is 0 Å². The van der Waals surface area contributed by atoms with Gasteiger partial charge in [-0.05, 0) is 32.2 Å². The molecule has 3 heterocycles. The molecule has 0 radical (unpaired) electrons. The Morgan fingerprint density at radius 1 is 1.32 bits per heavy atom. The van der Waals surface area contributed by atoms with E-state index in [2.05, 4.69) is 28.4 Å². The Hall–Kier alpha value is -1.89. The molecule has 2 aliphatic rings. The summed E-state index contributed by atoms with van der Waals surface area (Å²) in [6, 6.07) is 0.411. The summed E-state index contributed by atoms with van der Waals surface area (Å²) < 4.78 is 1.96. The van der Waals surface area contributed by atoms with Crippen LogP contribution in [0.25, 0.3) is 0 Å². The molecular formula is C18H29N5O2. The SMILES string of the molecule is CCn1cc(CN2CCCC[C@H]3CN(C(=O)CNC(C)=O)C[C@H]32)cn1. The summed E-state index contributed by atoms with van der Waals surface area (Å²) in [5.41, 5.74) is 1.24. The quantitative estimate of drug-likeness (QED) is 0.857. The average molecular weight is 347 g/mol. The van der Waals surface area contributed by atoms with Crippen LogP contribution in [-0.4, -0.2) is 63.6 Å². The van der Waals surface area contributed by atoms with Crippen molar-refractivity contribution in [3.05, 3.63) is 18.0 Å². The van der Waals surface area contributed by atoms with Crippen LogP contribution in [0.5, 0.6) is 0 Å². The molecule has 2 saturated heterocycles. The predicted molar refractivity (Wildman–Crippen MR) is 94.7 cm³/mol. The molecule has 7 nitrogen and oxygen atoms in total. The van der Waals surface area contributed by atoms with Crippen LogP contribution in [0, 0.1) is 5.92 Å². The highest BCUT2D eigenvalue weighted by Gasteiger charge is 2.39. The van der Waals surface area contributed by atoms with Gasteiger partial charge in [0.05, 0.1) is 12.7 Å². The van der Waals surface area contributed by atoms with Crippen molar-refractivity contribution >= 4 is 11.8 Å². The first kappa shape index (κ1) is 17.9. The summed E-state index contributed by atoms with van der Waals surface area (Å²) >= 11 is 0. The van der Waals surface area contributed by atoms with Crippen LogP contribution in [0.4, 0.5) is 0 Å². The van der Waals surface area contributed by atoms with Crippen molar-refractivity contribution in [2.24, 2.45) is 5.92 Å². The maximum absolute atomic E-state index is 12.4. The van der Waals surface area contributed by atoms with Crippen molar-refractivity contribution in [1.82, 2.24) is 24.9 Å². The molecule has 0 spiro atoms. The van der Waals surface area contributed by atoms with Crippen LogP contribution < -0.4 is 5.32 Å². The molecule has 3 rings (SSSR count). The smallest absolute Gasteiger partial charge is 0.242 e. The van der Waals surface area contributed by atoms with Gasteiger partial charge in [-0.25, -0.2) is 0 Å². The van der Waals surface area contributed by atoms with E-state index in [4.69, 9.17) is 0 Å². The number of hydrogen-bond acceptors (Lipinski definition) is 4. The number of hydrogen-bond donors (Lipinski definition) is 1. The lowest BCUT2D eigenvalue weighted by Crippen LogP contribution is -2.42. The van der Waals surface area contributed by atoms with Gasteiger partial charge in [-0.2, -0.15) is 5.10 Å². The lowest BCUT2D eigenvalue weighted by molar-refractivity contribution is -0.131. The maximum Gasteiger partial charge on any atom is 0.242 e. The van der Waals surface area contributed by atoms with Crippen LogP contribution >= 0.6 is 0 Å². The number of nitrogens with zero attached hydrogens (tertiary/aromatic N) is 4. The normalized spacial score (nSPS) is 24.0. The number of nitrogens with one attached hydrogen (secondary N) is 1. The molecule has 2 aliphatic heterocycles. The number of fused-ring (bicyclic) bond motifs is 1. The number of carbonyl (C=O) groups is 2. The molecule has 25 heavy (non-hydrogen) atoms. The third kappa shape index (κ3) is 4.39. The van der Waals surface area contributed by atoms with Gasteiger partial charge in [-0.15, -0.1) is 0 Å². The molecule has 0 bridgehead atoms. The first-order chi connectivity index (χ1) is 12.1. The topological polar surface area (TPSA) is 70.5 Å². The summed E-state index contributed by atoms with van der Waals surface area (Å²) in [6.07, 6.45) is 7.69. The van der Waals surface area contributed by atoms with Crippen molar-refractivity contribution in [2.75, 3.05) is 26.2 Å². The first-order valence-corrected chi connectivity index (χ1v) is 9.34. The largest absolute Gasteiger partial charge is 0.347 e. The van der Waals surface area contributed by atoms with E-state index in [1.165, 1.54) is 31.7 Å². The lowest BCUT2D eigenvalue weighted by atomic mass is 9.98. The van der Waals surface area contributed by atoms with Crippen LogP contribution in [0.1, 0.15) is 38.7 Å². The molecule has 1 N–H and O–H groups in total. The highest BCUT2D eigenvalue weighted by atomic mass is 16.2. The van der Waals surface area contributed by atoms with Crippen molar-refractivity contribution < 1.29 is 9.59 Å². The molecule has 1 aromatic heterocycles. The van der Waals surface area contributed by atoms with Crippen molar-refractivity contribution in [1.29, 1.82) is 0 Å². The highest BCUT2D eigenvalue weighted by Crippen LogP contribution is 2.31. The second-order valence-electron chi connectivity index (χ2n) is 7.21. The second-order valence-corrected chi connectivity index (χ2v) is 7.21. The fraction of sp³-hybridized carbons (Fsp3) is 0.722. The maximum atomic E-state index is 12.4. The Kier molecular flexibility index (Phi) is 5.73. The number of aromatic nitrogens is 2. The van der Waals surface area contributed by atoms with Crippen LogP contribution in [0.2, 0.25) is 0 Å². The van der Waals surface area contributed by atoms with E-state index >= 15 is 0 Å². The van der Waals surface area contributed by atoms with Gasteiger partial charge in [0.25, 0.3) is 0 Å². The molecule has 0 saturated carbocycles. The molecule has 0 aromatic carbocycles. The zero-order chi connectivity index (χ0) is 17.8. The van der Waals surface area contributed by atoms with Crippen LogP contribution in [0.3, 0.4) is 0 Å². The third-order valence-corrected chi connectivity index (χ3v) is 5.38. The molecule has 0 aliphatic carbocycles. The minimum Gasteiger partial charge on any atom is -0.347 e. The Labute approximate surface area is 149 Å². The van der Waals surface area contributed by atoms with E-state index in [9.17, 15) is 9.59 Å². The molecule has 2 atom stereocenters. The van der Waals surface area contributed by atoms with Gasteiger partial charge in [-0.1, -0.05) is 6.42 Å². The third-order valence-electron chi connectivity index (χ3n) is 5.38. The fourth-order valence-corrected chi connectivity index (χ4v) is 4.05. The van der Waals surface area contributed by atoms with Gasteiger partial charge in [0, 0.05) is 50.9 Å². The zero-order valence-corrected chi connectivity index (χ0v) is 15.3. The predicted octanol–water partition coefficient (Wildman–Crippen LogP) is 0.852. The molecular weight excluding hydrogens is 318 g/mol. The van der Waals surface area contributed by atoms with Gasteiger partial charge in [0.1, 0.15) is 0 Å². The van der Waals surface area contributed by atoms with Gasteiger partial charge < -0.3 is 10.2 Å². The van der Waals surface area contributed by atoms with E-state index in [1.54, 1.807) is 0 Å². The van der Waals surface area contributed by atoms with Crippen molar-refractivity contribution in [2.45, 2.75) is 52.2 Å². The minimum atomic E-state index is -0.156. The molecule has 2 amide bonds.